The number of benzene rings is 1. The number of imidazole rings is 1. The molecule has 1 N–H and O–H groups in total. The third-order valence-corrected chi connectivity index (χ3v) is 2.98. The smallest absolute Gasteiger partial charge is 0.213 e. The lowest BCUT2D eigenvalue weighted by molar-refractivity contribution is 0.412. The van der Waals surface area contributed by atoms with Crippen molar-refractivity contribution in [2.24, 2.45) is 0 Å². The number of nitrogens with zero attached hydrogens (tertiary/aromatic N) is 3. The summed E-state index contributed by atoms with van der Waals surface area (Å²) in [7, 11) is 0. The fraction of sp³-hybridized carbons (Fsp3) is 0.100. The quantitative estimate of drug-likeness (QED) is 0.701. The normalized spacial score (nSPS) is 11.0. The molecule has 0 aliphatic heterocycles. The minimum absolute atomic E-state index is 0.649. The standard InChI is InChI=1S/C10H8N4OS/c1-2-4-8-7(3-1)12-10(13-8)16-5-9-11-6-15-14-9/h1-4,6H,5H2,(H,12,13). The molecule has 0 atom stereocenters. The topological polar surface area (TPSA) is 67.6 Å². The Balaban J connectivity index is 1.79. The summed E-state index contributed by atoms with van der Waals surface area (Å²) >= 11 is 1.55. The van der Waals surface area contributed by atoms with Crippen molar-refractivity contribution in [1.82, 2.24) is 20.1 Å². The van der Waals surface area contributed by atoms with Crippen LogP contribution in [0.3, 0.4) is 0 Å². The van der Waals surface area contributed by atoms with Gasteiger partial charge in [-0.2, -0.15) is 4.98 Å². The molecule has 2 aromatic heterocycles. The van der Waals surface area contributed by atoms with E-state index < -0.39 is 0 Å². The van der Waals surface area contributed by atoms with Gasteiger partial charge in [-0.05, 0) is 12.1 Å². The molecule has 5 nitrogen and oxygen atoms in total. The van der Waals surface area contributed by atoms with Crippen molar-refractivity contribution in [3.05, 3.63) is 36.5 Å². The third-order valence-electron chi connectivity index (χ3n) is 2.11. The maximum Gasteiger partial charge on any atom is 0.213 e. The summed E-state index contributed by atoms with van der Waals surface area (Å²) in [5.41, 5.74) is 2.01. The van der Waals surface area contributed by atoms with Crippen molar-refractivity contribution in [2.45, 2.75) is 10.9 Å². The second-order valence-corrected chi connectivity index (χ2v) is 4.16. The van der Waals surface area contributed by atoms with E-state index >= 15 is 0 Å². The first-order chi connectivity index (χ1) is 7.92. The monoisotopic (exact) mass is 232 g/mol. The molecule has 3 rings (SSSR count). The van der Waals surface area contributed by atoms with Gasteiger partial charge in [-0.3, -0.25) is 0 Å². The first-order valence-corrected chi connectivity index (χ1v) is 5.73. The highest BCUT2D eigenvalue weighted by atomic mass is 32.2. The molecule has 16 heavy (non-hydrogen) atoms. The second-order valence-electron chi connectivity index (χ2n) is 3.20. The van der Waals surface area contributed by atoms with E-state index in [0.717, 1.165) is 16.2 Å². The van der Waals surface area contributed by atoms with Crippen molar-refractivity contribution in [3.63, 3.8) is 0 Å². The molecule has 0 fully saturated rings. The van der Waals surface area contributed by atoms with Crippen LogP contribution in [0.15, 0.2) is 40.3 Å². The van der Waals surface area contributed by atoms with Crippen LogP contribution in [0.2, 0.25) is 0 Å². The van der Waals surface area contributed by atoms with Crippen LogP contribution in [0.25, 0.3) is 11.0 Å². The molecule has 0 amide bonds. The molecule has 80 valence electrons. The number of para-hydroxylation sites is 2. The largest absolute Gasteiger partial charge is 0.343 e. The van der Waals surface area contributed by atoms with E-state index in [2.05, 4.69) is 24.6 Å². The Bertz CT molecular complexity index is 557. The maximum absolute atomic E-state index is 4.66. The van der Waals surface area contributed by atoms with Gasteiger partial charge in [-0.1, -0.05) is 29.1 Å². The van der Waals surface area contributed by atoms with Gasteiger partial charge in [0.1, 0.15) is 0 Å². The van der Waals surface area contributed by atoms with Gasteiger partial charge in [0, 0.05) is 0 Å². The predicted octanol–water partition coefficient (Wildman–Crippen LogP) is 2.24. The summed E-state index contributed by atoms with van der Waals surface area (Å²) in [6.07, 6.45) is 1.33. The van der Waals surface area contributed by atoms with Crippen LogP contribution in [-0.4, -0.2) is 20.1 Å². The van der Waals surface area contributed by atoms with Crippen LogP contribution in [0, 0.1) is 0 Å². The molecule has 0 aliphatic carbocycles. The number of thioether (sulfide) groups is 1. The predicted molar refractivity (Wildman–Crippen MR) is 60.0 cm³/mol. The molecular weight excluding hydrogens is 224 g/mol. The van der Waals surface area contributed by atoms with Gasteiger partial charge in [0.15, 0.2) is 11.0 Å². The van der Waals surface area contributed by atoms with Gasteiger partial charge < -0.3 is 9.51 Å². The molecule has 0 bridgehead atoms. The first-order valence-electron chi connectivity index (χ1n) is 4.74. The molecule has 0 unspecified atom stereocenters. The number of aromatic amines is 1. The van der Waals surface area contributed by atoms with Gasteiger partial charge in [0.25, 0.3) is 0 Å². The zero-order chi connectivity index (χ0) is 10.8. The average molecular weight is 232 g/mol. The van der Waals surface area contributed by atoms with Gasteiger partial charge >= 0.3 is 0 Å². The van der Waals surface area contributed by atoms with E-state index in [9.17, 15) is 0 Å². The number of hydrogen-bond acceptors (Lipinski definition) is 5. The summed E-state index contributed by atoms with van der Waals surface area (Å²) in [4.78, 5) is 11.6. The SMILES string of the molecule is c1ccc2[nH]c(SCc3ncon3)nc2c1. The Morgan fingerprint density at radius 1 is 1.31 bits per heavy atom. The van der Waals surface area contributed by atoms with Gasteiger partial charge in [-0.15, -0.1) is 0 Å². The maximum atomic E-state index is 4.66. The minimum atomic E-state index is 0.649. The number of fused-ring (bicyclic) bond motifs is 1. The van der Waals surface area contributed by atoms with Crippen LogP contribution in [-0.2, 0) is 5.75 Å². The molecule has 0 radical (unpaired) electrons. The summed E-state index contributed by atoms with van der Waals surface area (Å²) in [6.45, 7) is 0. The Hall–Kier alpha value is -1.82. The molecule has 3 aromatic rings. The minimum Gasteiger partial charge on any atom is -0.343 e. The molecule has 0 spiro atoms. The lowest BCUT2D eigenvalue weighted by Crippen LogP contribution is -1.83. The lowest BCUT2D eigenvalue weighted by Gasteiger charge is -1.90. The molecular formula is C10H8N4OS. The molecule has 6 heteroatoms. The number of H-pyrrole nitrogens is 1. The zero-order valence-corrected chi connectivity index (χ0v) is 9.07. The molecule has 0 saturated carbocycles. The Labute approximate surface area is 95.3 Å². The summed E-state index contributed by atoms with van der Waals surface area (Å²) in [5.74, 6) is 1.32. The summed E-state index contributed by atoms with van der Waals surface area (Å²) < 4.78 is 4.66. The number of hydrogen-bond donors (Lipinski definition) is 1. The van der Waals surface area contributed by atoms with Crippen LogP contribution < -0.4 is 0 Å². The number of rotatable bonds is 3. The highest BCUT2D eigenvalue weighted by Crippen LogP contribution is 2.21. The first kappa shape index (κ1) is 9.41. The van der Waals surface area contributed by atoms with Crippen LogP contribution in [0.1, 0.15) is 5.82 Å². The van der Waals surface area contributed by atoms with Crippen molar-refractivity contribution in [3.8, 4) is 0 Å². The summed E-state index contributed by atoms with van der Waals surface area (Å²) in [6, 6.07) is 7.93. The fourth-order valence-electron chi connectivity index (χ4n) is 1.39. The van der Waals surface area contributed by atoms with E-state index in [1.54, 1.807) is 11.8 Å². The van der Waals surface area contributed by atoms with E-state index in [1.165, 1.54) is 6.39 Å². The average Bonchev–Trinajstić information content (AvgIpc) is 2.95. The van der Waals surface area contributed by atoms with Gasteiger partial charge in [-0.25, -0.2) is 4.98 Å². The van der Waals surface area contributed by atoms with E-state index in [1.807, 2.05) is 24.3 Å². The van der Waals surface area contributed by atoms with Crippen molar-refractivity contribution >= 4 is 22.8 Å². The molecule has 2 heterocycles. The third kappa shape index (κ3) is 1.79. The van der Waals surface area contributed by atoms with Crippen LogP contribution >= 0.6 is 11.8 Å². The highest BCUT2D eigenvalue weighted by molar-refractivity contribution is 7.98. The van der Waals surface area contributed by atoms with Crippen molar-refractivity contribution in [2.75, 3.05) is 0 Å². The molecule has 0 saturated heterocycles. The Morgan fingerprint density at radius 3 is 3.06 bits per heavy atom. The second kappa shape index (κ2) is 3.97. The highest BCUT2D eigenvalue weighted by Gasteiger charge is 2.04. The Kier molecular flexibility index (Phi) is 2.34. The summed E-state index contributed by atoms with van der Waals surface area (Å²) in [5, 5.41) is 4.60. The van der Waals surface area contributed by atoms with Crippen molar-refractivity contribution in [1.29, 1.82) is 0 Å². The van der Waals surface area contributed by atoms with E-state index in [-0.39, 0.29) is 0 Å². The van der Waals surface area contributed by atoms with Crippen LogP contribution in [0.5, 0.6) is 0 Å². The fourth-order valence-corrected chi connectivity index (χ4v) is 2.12. The lowest BCUT2D eigenvalue weighted by atomic mass is 10.3. The zero-order valence-electron chi connectivity index (χ0n) is 8.25. The molecule has 1 aromatic carbocycles. The Morgan fingerprint density at radius 2 is 2.25 bits per heavy atom. The van der Waals surface area contributed by atoms with Gasteiger partial charge in [0.2, 0.25) is 6.39 Å². The van der Waals surface area contributed by atoms with Crippen molar-refractivity contribution < 1.29 is 4.52 Å². The van der Waals surface area contributed by atoms with E-state index in [4.69, 9.17) is 0 Å². The van der Waals surface area contributed by atoms with E-state index in [0.29, 0.717) is 11.6 Å². The number of nitrogens with one attached hydrogen (secondary N) is 1. The molecule has 0 aliphatic rings. The number of aromatic nitrogens is 4. The van der Waals surface area contributed by atoms with Crippen LogP contribution in [0.4, 0.5) is 0 Å². The van der Waals surface area contributed by atoms with Gasteiger partial charge in [0.05, 0.1) is 16.8 Å².